The van der Waals surface area contributed by atoms with Crippen LogP contribution in [0.25, 0.3) is 5.69 Å². The Labute approximate surface area is 96.2 Å². The number of benzene rings is 1. The molecule has 0 aliphatic carbocycles. The van der Waals surface area contributed by atoms with Crippen LogP contribution in [0.15, 0.2) is 29.1 Å². The summed E-state index contributed by atoms with van der Waals surface area (Å²) in [5.41, 5.74) is 1.18. The predicted molar refractivity (Wildman–Crippen MR) is 61.1 cm³/mol. The van der Waals surface area contributed by atoms with Crippen molar-refractivity contribution < 1.29 is 0 Å². The first-order chi connectivity index (χ1) is 7.09. The number of aryl methyl sites for hydroxylation is 1. The molecule has 0 saturated heterocycles. The van der Waals surface area contributed by atoms with Crippen LogP contribution in [0.2, 0.25) is 10.0 Å². The van der Waals surface area contributed by atoms with E-state index in [1.807, 2.05) is 0 Å². The Kier molecular flexibility index (Phi) is 2.59. The van der Waals surface area contributed by atoms with Crippen molar-refractivity contribution in [1.82, 2.24) is 9.78 Å². The lowest BCUT2D eigenvalue weighted by atomic mass is 10.3. The quantitative estimate of drug-likeness (QED) is 0.821. The lowest BCUT2D eigenvalue weighted by molar-refractivity contribution is 0.835. The van der Waals surface area contributed by atoms with Crippen LogP contribution in [0.3, 0.4) is 0 Å². The number of rotatable bonds is 1. The van der Waals surface area contributed by atoms with Gasteiger partial charge in [0.25, 0.3) is 5.56 Å². The maximum Gasteiger partial charge on any atom is 0.271 e. The highest BCUT2D eigenvalue weighted by atomic mass is 35.5. The van der Waals surface area contributed by atoms with Crippen LogP contribution in [-0.4, -0.2) is 9.78 Å². The van der Waals surface area contributed by atoms with Gasteiger partial charge in [-0.05, 0) is 19.1 Å². The fourth-order valence-corrected chi connectivity index (χ4v) is 1.74. The molecule has 2 rings (SSSR count). The standard InChI is InChI=1S/C10H8Cl2N2O/c1-6-5-9(15)14(13-6)8-4-2-3-7(11)10(8)12/h2-5,13H,1H3. The zero-order valence-electron chi connectivity index (χ0n) is 7.92. The molecule has 0 atom stereocenters. The summed E-state index contributed by atoms with van der Waals surface area (Å²) in [4.78, 5) is 11.5. The predicted octanol–water partition coefficient (Wildman–Crippen LogP) is 2.78. The third-order valence-corrected chi connectivity index (χ3v) is 2.83. The van der Waals surface area contributed by atoms with Gasteiger partial charge in [-0.15, -0.1) is 0 Å². The minimum Gasteiger partial charge on any atom is -0.295 e. The van der Waals surface area contributed by atoms with Gasteiger partial charge >= 0.3 is 0 Å². The third kappa shape index (κ3) is 1.80. The number of nitrogens with one attached hydrogen (secondary N) is 1. The molecule has 0 spiro atoms. The SMILES string of the molecule is Cc1cc(=O)n(-c2cccc(Cl)c2Cl)[nH]1. The molecule has 3 nitrogen and oxygen atoms in total. The number of aromatic nitrogens is 2. The lowest BCUT2D eigenvalue weighted by Gasteiger charge is -2.05. The molecule has 0 aliphatic rings. The summed E-state index contributed by atoms with van der Waals surface area (Å²) in [6.45, 7) is 1.80. The first kappa shape index (κ1) is 10.3. The van der Waals surface area contributed by atoms with Crippen LogP contribution < -0.4 is 5.56 Å². The van der Waals surface area contributed by atoms with E-state index in [1.54, 1.807) is 25.1 Å². The van der Waals surface area contributed by atoms with Crippen molar-refractivity contribution in [2.75, 3.05) is 0 Å². The average Bonchev–Trinajstić information content (AvgIpc) is 2.50. The van der Waals surface area contributed by atoms with Crippen LogP contribution in [0.5, 0.6) is 0 Å². The second-order valence-electron chi connectivity index (χ2n) is 3.19. The molecule has 0 unspecified atom stereocenters. The van der Waals surface area contributed by atoms with E-state index >= 15 is 0 Å². The Bertz CT molecular complexity index is 557. The van der Waals surface area contributed by atoms with Crippen molar-refractivity contribution in [1.29, 1.82) is 0 Å². The summed E-state index contributed by atoms with van der Waals surface area (Å²) in [5, 5.41) is 3.68. The van der Waals surface area contributed by atoms with Crippen molar-refractivity contribution in [2.45, 2.75) is 6.92 Å². The van der Waals surface area contributed by atoms with Crippen LogP contribution in [0.4, 0.5) is 0 Å². The smallest absolute Gasteiger partial charge is 0.271 e. The van der Waals surface area contributed by atoms with Crippen LogP contribution in [0.1, 0.15) is 5.69 Å². The average molecular weight is 243 g/mol. The van der Waals surface area contributed by atoms with Crippen molar-refractivity contribution in [2.24, 2.45) is 0 Å². The summed E-state index contributed by atoms with van der Waals surface area (Å²) in [7, 11) is 0. The molecule has 0 aliphatic heterocycles. The Morgan fingerprint density at radius 1 is 1.33 bits per heavy atom. The molecule has 2 aromatic rings. The Morgan fingerprint density at radius 3 is 2.67 bits per heavy atom. The van der Waals surface area contributed by atoms with Crippen molar-refractivity contribution >= 4 is 23.2 Å². The Balaban J connectivity index is 2.69. The number of hydrogen-bond acceptors (Lipinski definition) is 1. The van der Waals surface area contributed by atoms with E-state index in [0.717, 1.165) is 5.69 Å². The van der Waals surface area contributed by atoms with Gasteiger partial charge < -0.3 is 0 Å². The van der Waals surface area contributed by atoms with Gasteiger partial charge in [0.15, 0.2) is 0 Å². The van der Waals surface area contributed by atoms with Gasteiger partial charge in [-0.25, -0.2) is 4.68 Å². The summed E-state index contributed by atoms with van der Waals surface area (Å²) in [5.74, 6) is 0. The molecule has 0 bridgehead atoms. The zero-order chi connectivity index (χ0) is 11.0. The molecule has 5 heteroatoms. The molecule has 15 heavy (non-hydrogen) atoms. The van der Waals surface area contributed by atoms with Gasteiger partial charge in [0, 0.05) is 11.8 Å². The molecule has 78 valence electrons. The van der Waals surface area contributed by atoms with Crippen molar-refractivity contribution in [3.8, 4) is 5.69 Å². The largest absolute Gasteiger partial charge is 0.295 e. The molecule has 1 aromatic carbocycles. The molecule has 0 fully saturated rings. The third-order valence-electron chi connectivity index (χ3n) is 2.02. The number of H-pyrrole nitrogens is 1. The van der Waals surface area contributed by atoms with Gasteiger partial charge in [0.1, 0.15) is 0 Å². The van der Waals surface area contributed by atoms with E-state index in [-0.39, 0.29) is 5.56 Å². The molecule has 1 N–H and O–H groups in total. The topological polar surface area (TPSA) is 37.8 Å². The Morgan fingerprint density at radius 2 is 2.07 bits per heavy atom. The molecule has 0 radical (unpaired) electrons. The molecular formula is C10H8Cl2N2O. The first-order valence-corrected chi connectivity index (χ1v) is 5.08. The highest BCUT2D eigenvalue weighted by Crippen LogP contribution is 2.27. The van der Waals surface area contributed by atoms with E-state index in [0.29, 0.717) is 15.7 Å². The van der Waals surface area contributed by atoms with E-state index < -0.39 is 0 Å². The normalized spacial score (nSPS) is 10.6. The monoisotopic (exact) mass is 242 g/mol. The first-order valence-electron chi connectivity index (χ1n) is 4.32. The van der Waals surface area contributed by atoms with Crippen LogP contribution in [-0.2, 0) is 0 Å². The fraction of sp³-hybridized carbons (Fsp3) is 0.100. The number of hydrogen-bond donors (Lipinski definition) is 1. The number of aromatic amines is 1. The molecule has 0 saturated carbocycles. The second-order valence-corrected chi connectivity index (χ2v) is 3.97. The highest BCUT2D eigenvalue weighted by Gasteiger charge is 2.08. The van der Waals surface area contributed by atoms with E-state index in [9.17, 15) is 4.79 Å². The van der Waals surface area contributed by atoms with Gasteiger partial charge in [-0.1, -0.05) is 29.3 Å². The molecule has 1 aromatic heterocycles. The summed E-state index contributed by atoms with van der Waals surface area (Å²) < 4.78 is 1.36. The highest BCUT2D eigenvalue weighted by molar-refractivity contribution is 6.43. The number of halogens is 2. The maximum atomic E-state index is 11.5. The van der Waals surface area contributed by atoms with E-state index in [1.165, 1.54) is 10.7 Å². The fourth-order valence-electron chi connectivity index (χ4n) is 1.36. The van der Waals surface area contributed by atoms with Crippen LogP contribution in [0, 0.1) is 6.92 Å². The Hall–Kier alpha value is -1.19. The van der Waals surface area contributed by atoms with Gasteiger partial charge in [-0.3, -0.25) is 9.89 Å². The number of nitrogens with zero attached hydrogens (tertiary/aromatic N) is 1. The minimum absolute atomic E-state index is 0.156. The van der Waals surface area contributed by atoms with Gasteiger partial charge in [0.05, 0.1) is 15.7 Å². The van der Waals surface area contributed by atoms with E-state index in [2.05, 4.69) is 5.10 Å². The van der Waals surface area contributed by atoms with Crippen molar-refractivity contribution in [3.63, 3.8) is 0 Å². The van der Waals surface area contributed by atoms with E-state index in [4.69, 9.17) is 23.2 Å². The summed E-state index contributed by atoms with van der Waals surface area (Å²) in [6, 6.07) is 6.64. The summed E-state index contributed by atoms with van der Waals surface area (Å²) >= 11 is 11.9. The molecular weight excluding hydrogens is 235 g/mol. The minimum atomic E-state index is -0.156. The zero-order valence-corrected chi connectivity index (χ0v) is 9.43. The van der Waals surface area contributed by atoms with Gasteiger partial charge in [-0.2, -0.15) is 0 Å². The molecule has 1 heterocycles. The second kappa shape index (κ2) is 3.76. The summed E-state index contributed by atoms with van der Waals surface area (Å²) in [6.07, 6.45) is 0. The van der Waals surface area contributed by atoms with Gasteiger partial charge in [0.2, 0.25) is 0 Å². The maximum absolute atomic E-state index is 11.5. The van der Waals surface area contributed by atoms with Crippen LogP contribution >= 0.6 is 23.2 Å². The molecule has 0 amide bonds. The lowest BCUT2D eigenvalue weighted by Crippen LogP contribution is -2.13. The van der Waals surface area contributed by atoms with Crippen molar-refractivity contribution in [3.05, 3.63) is 50.4 Å².